The van der Waals surface area contributed by atoms with Gasteiger partial charge in [0.05, 0.1) is 11.7 Å². The lowest BCUT2D eigenvalue weighted by Crippen LogP contribution is -2.66. The summed E-state index contributed by atoms with van der Waals surface area (Å²) in [5.74, 6) is 1.01. The first-order valence-electron chi connectivity index (χ1n) is 11.0. The molecule has 1 aromatic heterocycles. The molecule has 31 heavy (non-hydrogen) atoms. The fourth-order valence-corrected chi connectivity index (χ4v) is 5.64. The maximum absolute atomic E-state index is 12.9. The Hall–Kier alpha value is -2.38. The van der Waals surface area contributed by atoms with E-state index in [2.05, 4.69) is 20.6 Å². The molecule has 0 spiro atoms. The summed E-state index contributed by atoms with van der Waals surface area (Å²) in [6.07, 6.45) is 3.84. The van der Waals surface area contributed by atoms with Gasteiger partial charge in [0.2, 0.25) is 5.91 Å². The standard InChI is InChI=1S/C23H29N5O2.ClH/c1-27-20(15-6-3-2-4-7-15)11-18(26-27)23(30)25-14-21-17-10-16(12-24-13-17)19-8-5-9-22(29)28(19)21;/h2-4,6-7,11,16-17,19,21,24H,5,8-10,12-14H2,1H3,(H,25,30);1H/t16-,17+,19+,21+;/m1./s1. The number of rotatable bonds is 4. The van der Waals surface area contributed by atoms with Gasteiger partial charge in [-0.3, -0.25) is 14.3 Å². The van der Waals surface area contributed by atoms with E-state index in [1.54, 1.807) is 4.68 Å². The second-order valence-electron chi connectivity index (χ2n) is 8.86. The Balaban J connectivity index is 0.00000231. The number of halogens is 1. The summed E-state index contributed by atoms with van der Waals surface area (Å²) in [6, 6.07) is 12.1. The molecule has 2 N–H and O–H groups in total. The lowest BCUT2D eigenvalue weighted by molar-refractivity contribution is -0.148. The minimum absolute atomic E-state index is 0. The van der Waals surface area contributed by atoms with Gasteiger partial charge in [0.1, 0.15) is 0 Å². The van der Waals surface area contributed by atoms with E-state index >= 15 is 0 Å². The molecule has 2 amide bonds. The Kier molecular flexibility index (Phi) is 6.34. The van der Waals surface area contributed by atoms with Gasteiger partial charge < -0.3 is 15.5 Å². The number of aryl methyl sites for hydroxylation is 1. The first kappa shape index (κ1) is 21.8. The summed E-state index contributed by atoms with van der Waals surface area (Å²) in [5, 5.41) is 11.0. The molecule has 2 aromatic rings. The molecule has 3 aliphatic heterocycles. The zero-order valence-corrected chi connectivity index (χ0v) is 18.6. The predicted molar refractivity (Wildman–Crippen MR) is 121 cm³/mol. The predicted octanol–water partition coefficient (Wildman–Crippen LogP) is 2.23. The number of nitrogens with zero attached hydrogens (tertiary/aromatic N) is 3. The van der Waals surface area contributed by atoms with Gasteiger partial charge in [-0.1, -0.05) is 30.3 Å². The van der Waals surface area contributed by atoms with Crippen molar-refractivity contribution in [2.24, 2.45) is 18.9 Å². The molecule has 7 nitrogen and oxygen atoms in total. The Labute approximate surface area is 189 Å². The van der Waals surface area contributed by atoms with E-state index in [1.807, 2.05) is 43.4 Å². The lowest BCUT2D eigenvalue weighted by Gasteiger charge is -2.54. The minimum Gasteiger partial charge on any atom is -0.349 e. The maximum atomic E-state index is 12.9. The summed E-state index contributed by atoms with van der Waals surface area (Å²) in [5.41, 5.74) is 2.34. The molecule has 0 aliphatic carbocycles. The number of carbonyl (C=O) groups is 2. The van der Waals surface area contributed by atoms with Crippen LogP contribution in [-0.4, -0.2) is 58.2 Å². The van der Waals surface area contributed by atoms with Crippen LogP contribution in [0.3, 0.4) is 0 Å². The van der Waals surface area contributed by atoms with Crippen molar-refractivity contribution < 1.29 is 9.59 Å². The Morgan fingerprint density at radius 3 is 2.81 bits per heavy atom. The van der Waals surface area contributed by atoms with Crippen molar-refractivity contribution in [3.05, 3.63) is 42.1 Å². The van der Waals surface area contributed by atoms with Gasteiger partial charge in [-0.05, 0) is 49.3 Å². The van der Waals surface area contributed by atoms with Crippen molar-refractivity contribution in [1.82, 2.24) is 25.3 Å². The number of hydrogen-bond acceptors (Lipinski definition) is 4. The fraction of sp³-hybridized carbons (Fsp3) is 0.522. The van der Waals surface area contributed by atoms with E-state index in [9.17, 15) is 9.59 Å². The third-order valence-electron chi connectivity index (χ3n) is 7.05. The fourth-order valence-electron chi connectivity index (χ4n) is 5.64. The van der Waals surface area contributed by atoms with Crippen LogP contribution >= 0.6 is 12.4 Å². The highest BCUT2D eigenvalue weighted by Gasteiger charge is 2.47. The van der Waals surface area contributed by atoms with Crippen molar-refractivity contribution in [2.45, 2.75) is 37.8 Å². The lowest BCUT2D eigenvalue weighted by atomic mass is 9.72. The molecule has 5 rings (SSSR count). The van der Waals surface area contributed by atoms with Crippen molar-refractivity contribution in [3.8, 4) is 11.3 Å². The van der Waals surface area contributed by atoms with Crippen LogP contribution < -0.4 is 10.6 Å². The third-order valence-corrected chi connectivity index (χ3v) is 7.05. The highest BCUT2D eigenvalue weighted by atomic mass is 35.5. The topological polar surface area (TPSA) is 79.3 Å². The number of amides is 2. The Bertz CT molecular complexity index is 947. The smallest absolute Gasteiger partial charge is 0.271 e. The molecule has 4 atom stereocenters. The van der Waals surface area contributed by atoms with Crippen molar-refractivity contribution in [2.75, 3.05) is 19.6 Å². The Morgan fingerprint density at radius 2 is 2.00 bits per heavy atom. The highest BCUT2D eigenvalue weighted by Crippen LogP contribution is 2.39. The summed E-state index contributed by atoms with van der Waals surface area (Å²) in [7, 11) is 1.85. The SMILES string of the molecule is Cl.Cn1nc(C(=O)NC[C@H]2[C@@H]3CNC[C@@H](C3)[C@@H]3CCCC(=O)N32)cc1-c1ccccc1. The van der Waals surface area contributed by atoms with Crippen LogP contribution in [0.25, 0.3) is 11.3 Å². The average Bonchev–Trinajstić information content (AvgIpc) is 3.16. The molecule has 0 saturated carbocycles. The van der Waals surface area contributed by atoms with E-state index in [-0.39, 0.29) is 30.3 Å². The van der Waals surface area contributed by atoms with Crippen LogP contribution in [0.15, 0.2) is 36.4 Å². The number of carbonyl (C=O) groups excluding carboxylic acids is 2. The average molecular weight is 444 g/mol. The molecule has 1 aromatic carbocycles. The molecule has 2 bridgehead atoms. The molecular formula is C23H30ClN5O2. The Morgan fingerprint density at radius 1 is 1.23 bits per heavy atom. The summed E-state index contributed by atoms with van der Waals surface area (Å²) in [6.45, 7) is 2.40. The van der Waals surface area contributed by atoms with Gasteiger partial charge in [0, 0.05) is 32.6 Å². The van der Waals surface area contributed by atoms with E-state index in [4.69, 9.17) is 0 Å². The van der Waals surface area contributed by atoms with Crippen LogP contribution in [0.5, 0.6) is 0 Å². The van der Waals surface area contributed by atoms with Gasteiger partial charge in [0.25, 0.3) is 5.91 Å². The van der Waals surface area contributed by atoms with Crippen LogP contribution in [-0.2, 0) is 11.8 Å². The third kappa shape index (κ3) is 4.08. The summed E-state index contributed by atoms with van der Waals surface area (Å²) < 4.78 is 1.74. The number of piperidine rings is 3. The maximum Gasteiger partial charge on any atom is 0.271 e. The van der Waals surface area contributed by atoms with Crippen LogP contribution in [0, 0.1) is 11.8 Å². The summed E-state index contributed by atoms with van der Waals surface area (Å²) >= 11 is 0. The highest BCUT2D eigenvalue weighted by molar-refractivity contribution is 5.93. The normalized spacial score (nSPS) is 27.3. The second-order valence-corrected chi connectivity index (χ2v) is 8.86. The van der Waals surface area contributed by atoms with Crippen LogP contribution in [0.1, 0.15) is 36.2 Å². The van der Waals surface area contributed by atoms with Gasteiger partial charge in [0.15, 0.2) is 5.69 Å². The van der Waals surface area contributed by atoms with Crippen LogP contribution in [0.2, 0.25) is 0 Å². The molecule has 8 heteroatoms. The molecule has 3 saturated heterocycles. The van der Waals surface area contributed by atoms with E-state index < -0.39 is 0 Å². The zero-order valence-electron chi connectivity index (χ0n) is 17.8. The van der Waals surface area contributed by atoms with Gasteiger partial charge in [-0.25, -0.2) is 0 Å². The van der Waals surface area contributed by atoms with E-state index in [0.717, 1.165) is 43.6 Å². The quantitative estimate of drug-likeness (QED) is 0.759. The van der Waals surface area contributed by atoms with Crippen molar-refractivity contribution >= 4 is 24.2 Å². The number of aromatic nitrogens is 2. The number of benzene rings is 1. The number of fused-ring (bicyclic) bond motifs is 4. The molecule has 166 valence electrons. The van der Waals surface area contributed by atoms with Crippen molar-refractivity contribution in [1.29, 1.82) is 0 Å². The zero-order chi connectivity index (χ0) is 20.7. The summed E-state index contributed by atoms with van der Waals surface area (Å²) in [4.78, 5) is 27.8. The van der Waals surface area contributed by atoms with E-state index in [0.29, 0.717) is 36.5 Å². The van der Waals surface area contributed by atoms with E-state index in [1.165, 1.54) is 0 Å². The minimum atomic E-state index is -0.181. The number of hydrogen-bond donors (Lipinski definition) is 2. The van der Waals surface area contributed by atoms with Gasteiger partial charge in [-0.2, -0.15) is 5.10 Å². The first-order chi connectivity index (χ1) is 14.6. The molecule has 3 fully saturated rings. The molecule has 0 radical (unpaired) electrons. The largest absolute Gasteiger partial charge is 0.349 e. The van der Waals surface area contributed by atoms with Gasteiger partial charge in [-0.15, -0.1) is 12.4 Å². The molecule has 4 heterocycles. The molecule has 0 unspecified atom stereocenters. The van der Waals surface area contributed by atoms with Gasteiger partial charge >= 0.3 is 0 Å². The number of nitrogens with one attached hydrogen (secondary N) is 2. The molecular weight excluding hydrogens is 414 g/mol. The second kappa shape index (κ2) is 9.01. The van der Waals surface area contributed by atoms with Crippen molar-refractivity contribution in [3.63, 3.8) is 0 Å². The van der Waals surface area contributed by atoms with Crippen LogP contribution in [0.4, 0.5) is 0 Å². The monoisotopic (exact) mass is 443 g/mol. The molecule has 3 aliphatic rings. The first-order valence-corrected chi connectivity index (χ1v) is 11.0.